The molecular weight excluding hydrogens is 828 g/mol. The van der Waals surface area contributed by atoms with Gasteiger partial charge in [-0.2, -0.15) is 0 Å². The number of aliphatic hydroxyl groups excluding tert-OH is 11. The lowest BCUT2D eigenvalue weighted by atomic mass is 9.44. The minimum Gasteiger partial charge on any atom is -0.396 e. The van der Waals surface area contributed by atoms with E-state index in [0.29, 0.717) is 36.5 Å². The van der Waals surface area contributed by atoms with E-state index < -0.39 is 105 Å². The molecule has 26 atom stereocenters. The smallest absolute Gasteiger partial charge is 0.189 e. The maximum atomic E-state index is 11.9. The van der Waals surface area contributed by atoms with Crippen molar-refractivity contribution in [2.45, 2.75) is 210 Å². The van der Waals surface area contributed by atoms with Gasteiger partial charge < -0.3 is 89.3 Å². The monoisotopic (exact) mass is 902 g/mol. The molecule has 0 aromatic heterocycles. The van der Waals surface area contributed by atoms with Gasteiger partial charge in [-0.3, -0.25) is 0 Å². The number of hydrogen-bond acceptors (Lipinski definition) is 18. The van der Waals surface area contributed by atoms with Crippen molar-refractivity contribution in [2.75, 3.05) is 13.2 Å². The Balaban J connectivity index is 0.992. The zero-order chi connectivity index (χ0) is 45.7. The van der Waals surface area contributed by atoms with Crippen LogP contribution in [-0.4, -0.2) is 180 Å². The molecule has 8 aliphatic rings. The van der Waals surface area contributed by atoms with Crippen molar-refractivity contribution in [3.63, 3.8) is 0 Å². The maximum Gasteiger partial charge on any atom is 0.189 e. The van der Waals surface area contributed by atoms with Crippen molar-refractivity contribution in [1.29, 1.82) is 0 Å². The zero-order valence-electron chi connectivity index (χ0n) is 37.3. The van der Waals surface area contributed by atoms with Gasteiger partial charge in [-0.15, -0.1) is 0 Å². The average Bonchev–Trinajstić information content (AvgIpc) is 3.60. The third kappa shape index (κ3) is 7.90. The Labute approximate surface area is 369 Å². The first kappa shape index (κ1) is 48.5. The van der Waals surface area contributed by atoms with Crippen LogP contribution < -0.4 is 0 Å². The fraction of sp³-hybridized carbons (Fsp3) is 0.956. The van der Waals surface area contributed by atoms with E-state index in [1.165, 1.54) is 5.57 Å². The van der Waals surface area contributed by atoms with Gasteiger partial charge in [-0.1, -0.05) is 46.3 Å². The summed E-state index contributed by atoms with van der Waals surface area (Å²) in [4.78, 5) is 0. The molecule has 63 heavy (non-hydrogen) atoms. The summed E-state index contributed by atoms with van der Waals surface area (Å²) < 4.78 is 42.2. The van der Waals surface area contributed by atoms with Crippen molar-refractivity contribution < 1.29 is 89.3 Å². The summed E-state index contributed by atoms with van der Waals surface area (Å²) in [6.45, 7) is 13.6. The summed E-state index contributed by atoms with van der Waals surface area (Å²) in [6.07, 6.45) is -16.7. The van der Waals surface area contributed by atoms with Crippen LogP contribution in [0.25, 0.3) is 0 Å². The molecule has 362 valence electrons. The quantitative estimate of drug-likeness (QED) is 0.117. The summed E-state index contributed by atoms with van der Waals surface area (Å²) in [5, 5.41) is 115. The van der Waals surface area contributed by atoms with Crippen molar-refractivity contribution in [2.24, 2.45) is 45.8 Å². The molecule has 0 amide bonds. The van der Waals surface area contributed by atoms with Gasteiger partial charge >= 0.3 is 0 Å². The van der Waals surface area contributed by atoms with E-state index >= 15 is 0 Å². The van der Waals surface area contributed by atoms with Crippen LogP contribution >= 0.6 is 0 Å². The second-order valence-electron chi connectivity index (χ2n) is 21.4. The molecule has 11 N–H and O–H groups in total. The molecule has 18 heteroatoms. The van der Waals surface area contributed by atoms with Crippen molar-refractivity contribution in [3.05, 3.63) is 11.6 Å². The largest absolute Gasteiger partial charge is 0.396 e. The van der Waals surface area contributed by atoms with Gasteiger partial charge in [0.1, 0.15) is 61.0 Å². The van der Waals surface area contributed by atoms with Gasteiger partial charge in [-0.25, -0.2) is 0 Å². The predicted octanol–water partition coefficient (Wildman–Crippen LogP) is -0.484. The lowest BCUT2D eigenvalue weighted by Crippen LogP contribution is -2.67. The van der Waals surface area contributed by atoms with Crippen LogP contribution in [0, 0.1) is 45.8 Å². The topological polar surface area (TPSA) is 287 Å². The molecule has 18 nitrogen and oxygen atoms in total. The molecule has 26 unspecified atom stereocenters. The third-order valence-corrected chi connectivity index (χ3v) is 18.3. The van der Waals surface area contributed by atoms with Gasteiger partial charge in [0, 0.05) is 12.0 Å². The molecule has 0 radical (unpaired) electrons. The second-order valence-corrected chi connectivity index (χ2v) is 21.4. The van der Waals surface area contributed by atoms with E-state index in [0.717, 1.165) is 44.9 Å². The number of fused-ring (bicyclic) bond motifs is 7. The molecule has 0 aromatic carbocycles. The highest BCUT2D eigenvalue weighted by Gasteiger charge is 2.73. The Bertz CT molecular complexity index is 1640. The first-order valence-electron chi connectivity index (χ1n) is 23.3. The predicted molar refractivity (Wildman–Crippen MR) is 217 cm³/mol. The molecule has 3 saturated carbocycles. The van der Waals surface area contributed by atoms with E-state index in [-0.39, 0.29) is 40.5 Å². The van der Waals surface area contributed by atoms with Crippen LogP contribution in [0.2, 0.25) is 0 Å². The van der Waals surface area contributed by atoms with Gasteiger partial charge in [0.2, 0.25) is 0 Å². The normalized spacial score (nSPS) is 56.2. The highest BCUT2D eigenvalue weighted by Crippen LogP contribution is 2.75. The first-order chi connectivity index (χ1) is 29.6. The zero-order valence-corrected chi connectivity index (χ0v) is 37.3. The Morgan fingerprint density at radius 1 is 0.714 bits per heavy atom. The van der Waals surface area contributed by atoms with E-state index in [1.54, 1.807) is 0 Å². The van der Waals surface area contributed by atoms with Crippen molar-refractivity contribution >= 4 is 0 Å². The van der Waals surface area contributed by atoms with Crippen LogP contribution in [0.5, 0.6) is 0 Å². The molecule has 4 aliphatic heterocycles. The van der Waals surface area contributed by atoms with E-state index in [4.69, 9.17) is 33.2 Å². The first-order valence-corrected chi connectivity index (χ1v) is 23.3. The Morgan fingerprint density at radius 2 is 1.33 bits per heavy atom. The number of rotatable bonds is 11. The highest BCUT2D eigenvalue weighted by atomic mass is 16.8. The average molecular weight is 903 g/mol. The Hall–Kier alpha value is -0.980. The second kappa shape index (κ2) is 17.8. The summed E-state index contributed by atoms with van der Waals surface area (Å²) >= 11 is 0. The van der Waals surface area contributed by atoms with Crippen LogP contribution in [0.1, 0.15) is 99.3 Å². The molecule has 0 bridgehead atoms. The van der Waals surface area contributed by atoms with E-state index in [9.17, 15) is 56.2 Å². The minimum absolute atomic E-state index is 0.0266. The van der Waals surface area contributed by atoms with Gasteiger partial charge in [-0.05, 0) is 105 Å². The summed E-state index contributed by atoms with van der Waals surface area (Å²) in [5.74, 6) is 2.06. The molecule has 0 spiro atoms. The molecule has 8 rings (SSSR count). The van der Waals surface area contributed by atoms with Crippen molar-refractivity contribution in [3.8, 4) is 0 Å². The van der Waals surface area contributed by atoms with Crippen molar-refractivity contribution in [1.82, 2.24) is 0 Å². The molecule has 4 saturated heterocycles. The SMILES string of the molecule is CC(CO)CCC1(C)OC2CC3C4CC=C5CC(OC6OC(CO)C(OC7OC(O)C(O)C(O)C7O)C(O)C6OC6OC(O)C(O)C(O)C6O)CCC5(C)C4CCC3(C)C2(C)C1C. The van der Waals surface area contributed by atoms with E-state index in [1.807, 2.05) is 0 Å². The fourth-order valence-electron chi connectivity index (χ4n) is 13.8. The van der Waals surface area contributed by atoms with Crippen LogP contribution in [0.15, 0.2) is 11.6 Å². The number of ether oxygens (including phenoxy) is 7. The van der Waals surface area contributed by atoms with Crippen LogP contribution in [0.3, 0.4) is 0 Å². The van der Waals surface area contributed by atoms with E-state index in [2.05, 4.69) is 47.6 Å². The van der Waals surface area contributed by atoms with Gasteiger partial charge in [0.25, 0.3) is 0 Å². The minimum atomic E-state index is -1.98. The molecule has 0 aromatic rings. The number of aliphatic hydroxyl groups is 11. The Kier molecular flexibility index (Phi) is 13.7. The molecule has 4 heterocycles. The summed E-state index contributed by atoms with van der Waals surface area (Å²) in [7, 11) is 0. The maximum absolute atomic E-state index is 11.9. The number of hydrogen-bond donors (Lipinski definition) is 11. The molecule has 7 fully saturated rings. The Morgan fingerprint density at radius 3 is 1.94 bits per heavy atom. The fourth-order valence-corrected chi connectivity index (χ4v) is 13.8. The lowest BCUT2D eigenvalue weighted by molar-refractivity contribution is -0.405. The van der Waals surface area contributed by atoms with Gasteiger partial charge in [0.15, 0.2) is 31.5 Å². The third-order valence-electron chi connectivity index (χ3n) is 18.3. The van der Waals surface area contributed by atoms with Gasteiger partial charge in [0.05, 0.1) is 24.4 Å². The lowest BCUT2D eigenvalue weighted by Gasteiger charge is -2.60. The standard InChI is InChI=1S/C45H74O18/c1-19(17-46)9-14-44(5)20(2)45(6)27(63-44)16-25-23-8-7-21-15-22(10-12-42(21,3)24(23)11-13-43(25,45)4)57-41-36(60-40-33(53)29(49)31(51)38(56)62-40)34(54)35(26(18-47)58-41)59-39-32(52)28(48)30(50)37(55)61-39/h7,19-20,22-41,46-56H,8-18H2,1-6H3. The van der Waals surface area contributed by atoms with Crippen LogP contribution in [-0.2, 0) is 33.2 Å². The molecule has 4 aliphatic carbocycles. The summed E-state index contributed by atoms with van der Waals surface area (Å²) in [6, 6.07) is 0. The van der Waals surface area contributed by atoms with Crippen LogP contribution in [0.4, 0.5) is 0 Å². The molecular formula is C45H74O18. The number of allylic oxidation sites excluding steroid dienone is 1. The highest BCUT2D eigenvalue weighted by molar-refractivity contribution is 5.28. The summed E-state index contributed by atoms with van der Waals surface area (Å²) in [5.41, 5.74) is 1.10.